The maximum Gasteiger partial charge on any atom is 0.325 e. The van der Waals surface area contributed by atoms with Crippen LogP contribution in [0.1, 0.15) is 36.6 Å². The highest BCUT2D eigenvalue weighted by Gasteiger charge is 2.21. The van der Waals surface area contributed by atoms with E-state index >= 15 is 0 Å². The zero-order chi connectivity index (χ0) is 12.3. The van der Waals surface area contributed by atoms with Crippen molar-refractivity contribution in [2.45, 2.75) is 39.8 Å². The minimum atomic E-state index is -0.833. The third-order valence-electron chi connectivity index (χ3n) is 2.48. The van der Waals surface area contributed by atoms with Crippen LogP contribution in [-0.2, 0) is 4.79 Å². The molecule has 1 unspecified atom stereocenters. The maximum absolute atomic E-state index is 11.2. The number of benzene rings is 1. The van der Waals surface area contributed by atoms with E-state index in [9.17, 15) is 9.90 Å². The molecule has 0 radical (unpaired) electrons. The van der Waals surface area contributed by atoms with E-state index in [1.807, 2.05) is 45.9 Å². The van der Waals surface area contributed by atoms with E-state index < -0.39 is 12.0 Å². The molecular weight excluding hydrogens is 202 g/mol. The Morgan fingerprint density at radius 2 is 1.94 bits per heavy atom. The van der Waals surface area contributed by atoms with E-state index in [0.29, 0.717) is 0 Å². The van der Waals surface area contributed by atoms with Gasteiger partial charge in [-0.2, -0.15) is 0 Å². The lowest BCUT2D eigenvalue weighted by Gasteiger charge is -2.19. The molecule has 0 aliphatic carbocycles. The van der Waals surface area contributed by atoms with Crippen LogP contribution in [0.2, 0.25) is 0 Å². The summed E-state index contributed by atoms with van der Waals surface area (Å²) in [5.74, 6) is -0.833. The fourth-order valence-electron chi connectivity index (χ4n) is 1.78. The van der Waals surface area contributed by atoms with Crippen LogP contribution in [0.5, 0.6) is 0 Å². The molecule has 0 aromatic heterocycles. The first-order valence-corrected chi connectivity index (χ1v) is 5.48. The van der Waals surface area contributed by atoms with Crippen molar-refractivity contribution in [3.8, 4) is 0 Å². The van der Waals surface area contributed by atoms with Gasteiger partial charge in [0, 0.05) is 6.04 Å². The summed E-state index contributed by atoms with van der Waals surface area (Å²) in [5, 5.41) is 12.3. The number of carboxylic acids is 1. The molecule has 0 saturated heterocycles. The Balaban J connectivity index is 3.06. The molecule has 2 N–H and O–H groups in total. The van der Waals surface area contributed by atoms with E-state index in [1.165, 1.54) is 0 Å². The molecule has 1 aromatic carbocycles. The summed E-state index contributed by atoms with van der Waals surface area (Å²) in [6.07, 6.45) is 0. The molecular formula is C13H19NO2. The average molecular weight is 221 g/mol. The van der Waals surface area contributed by atoms with Gasteiger partial charge in [-0.15, -0.1) is 0 Å². The second kappa shape index (κ2) is 5.12. The zero-order valence-corrected chi connectivity index (χ0v) is 10.2. The summed E-state index contributed by atoms with van der Waals surface area (Å²) in [4.78, 5) is 11.2. The van der Waals surface area contributed by atoms with E-state index in [2.05, 4.69) is 5.32 Å². The van der Waals surface area contributed by atoms with Crippen molar-refractivity contribution in [3.05, 3.63) is 34.9 Å². The number of hydrogen-bond acceptors (Lipinski definition) is 2. The van der Waals surface area contributed by atoms with Crippen molar-refractivity contribution >= 4 is 5.97 Å². The summed E-state index contributed by atoms with van der Waals surface area (Å²) in [6, 6.07) is 5.36. The fourth-order valence-corrected chi connectivity index (χ4v) is 1.78. The first-order valence-electron chi connectivity index (χ1n) is 5.48. The fraction of sp³-hybridized carbons (Fsp3) is 0.462. The van der Waals surface area contributed by atoms with E-state index in [-0.39, 0.29) is 6.04 Å². The highest BCUT2D eigenvalue weighted by Crippen LogP contribution is 2.19. The van der Waals surface area contributed by atoms with E-state index in [0.717, 1.165) is 16.7 Å². The third-order valence-corrected chi connectivity index (χ3v) is 2.48. The number of carbonyl (C=O) groups is 1. The second-order valence-electron chi connectivity index (χ2n) is 4.45. The molecule has 3 heteroatoms. The van der Waals surface area contributed by atoms with Crippen LogP contribution < -0.4 is 5.32 Å². The van der Waals surface area contributed by atoms with Gasteiger partial charge in [0.2, 0.25) is 0 Å². The summed E-state index contributed by atoms with van der Waals surface area (Å²) < 4.78 is 0. The van der Waals surface area contributed by atoms with Crippen molar-refractivity contribution in [2.24, 2.45) is 0 Å². The maximum atomic E-state index is 11.2. The van der Waals surface area contributed by atoms with Crippen LogP contribution in [-0.4, -0.2) is 17.1 Å². The minimum absolute atomic E-state index is 0.141. The molecule has 0 saturated carbocycles. The Morgan fingerprint density at radius 3 is 2.38 bits per heavy atom. The van der Waals surface area contributed by atoms with Crippen molar-refractivity contribution < 1.29 is 9.90 Å². The lowest BCUT2D eigenvalue weighted by molar-refractivity contribution is -0.139. The molecule has 1 rings (SSSR count). The predicted molar refractivity (Wildman–Crippen MR) is 64.6 cm³/mol. The standard InChI is InChI=1S/C13H19NO2/c1-8(2)14-12(13(15)16)11-6-5-9(3)7-10(11)4/h5-8,12,14H,1-4H3,(H,15,16). The van der Waals surface area contributed by atoms with Crippen LogP contribution in [0.4, 0.5) is 0 Å². The van der Waals surface area contributed by atoms with Crippen LogP contribution in [0, 0.1) is 13.8 Å². The molecule has 0 aliphatic rings. The van der Waals surface area contributed by atoms with Gasteiger partial charge in [-0.3, -0.25) is 10.1 Å². The van der Waals surface area contributed by atoms with Crippen molar-refractivity contribution in [1.29, 1.82) is 0 Å². The molecule has 0 fully saturated rings. The molecule has 0 spiro atoms. The lowest BCUT2D eigenvalue weighted by Crippen LogP contribution is -2.34. The number of hydrogen-bond donors (Lipinski definition) is 2. The van der Waals surface area contributed by atoms with Crippen molar-refractivity contribution in [2.75, 3.05) is 0 Å². The van der Waals surface area contributed by atoms with E-state index in [1.54, 1.807) is 0 Å². The van der Waals surface area contributed by atoms with Crippen LogP contribution in [0.3, 0.4) is 0 Å². The van der Waals surface area contributed by atoms with Crippen LogP contribution in [0.25, 0.3) is 0 Å². The number of aryl methyl sites for hydroxylation is 2. The van der Waals surface area contributed by atoms with Gasteiger partial charge in [0.25, 0.3) is 0 Å². The number of aliphatic carboxylic acids is 1. The van der Waals surface area contributed by atoms with Gasteiger partial charge >= 0.3 is 5.97 Å². The molecule has 0 amide bonds. The summed E-state index contributed by atoms with van der Waals surface area (Å²) in [5.41, 5.74) is 3.00. The van der Waals surface area contributed by atoms with Gasteiger partial charge in [-0.25, -0.2) is 0 Å². The summed E-state index contributed by atoms with van der Waals surface area (Å²) in [7, 11) is 0. The molecule has 1 aromatic rings. The molecule has 16 heavy (non-hydrogen) atoms. The zero-order valence-electron chi connectivity index (χ0n) is 10.2. The van der Waals surface area contributed by atoms with E-state index in [4.69, 9.17) is 0 Å². The van der Waals surface area contributed by atoms with Gasteiger partial charge < -0.3 is 5.11 Å². The Kier molecular flexibility index (Phi) is 4.07. The smallest absolute Gasteiger partial charge is 0.325 e. The Bertz CT molecular complexity index is 386. The van der Waals surface area contributed by atoms with Gasteiger partial charge in [0.15, 0.2) is 0 Å². The van der Waals surface area contributed by atoms with Gasteiger partial charge in [0.05, 0.1) is 0 Å². The molecule has 1 atom stereocenters. The third kappa shape index (κ3) is 3.07. The molecule has 0 heterocycles. The SMILES string of the molecule is Cc1ccc(C(NC(C)C)C(=O)O)c(C)c1. The Hall–Kier alpha value is -1.35. The van der Waals surface area contributed by atoms with Crippen molar-refractivity contribution in [3.63, 3.8) is 0 Å². The Morgan fingerprint density at radius 1 is 1.31 bits per heavy atom. The molecule has 0 aliphatic heterocycles. The van der Waals surface area contributed by atoms with Gasteiger partial charge in [-0.1, -0.05) is 23.8 Å². The van der Waals surface area contributed by atoms with Crippen LogP contribution >= 0.6 is 0 Å². The van der Waals surface area contributed by atoms with Crippen molar-refractivity contribution in [1.82, 2.24) is 5.32 Å². The number of carboxylic acid groups (broad SMARTS) is 1. The van der Waals surface area contributed by atoms with Gasteiger partial charge in [0.1, 0.15) is 6.04 Å². The van der Waals surface area contributed by atoms with Gasteiger partial charge in [-0.05, 0) is 38.8 Å². The highest BCUT2D eigenvalue weighted by molar-refractivity contribution is 5.76. The monoisotopic (exact) mass is 221 g/mol. The Labute approximate surface area is 96.5 Å². The first-order chi connectivity index (χ1) is 7.41. The summed E-state index contributed by atoms with van der Waals surface area (Å²) in [6.45, 7) is 7.83. The average Bonchev–Trinajstić information content (AvgIpc) is 2.14. The van der Waals surface area contributed by atoms with Crippen LogP contribution in [0.15, 0.2) is 18.2 Å². The normalized spacial score (nSPS) is 12.8. The highest BCUT2D eigenvalue weighted by atomic mass is 16.4. The summed E-state index contributed by atoms with van der Waals surface area (Å²) >= 11 is 0. The lowest BCUT2D eigenvalue weighted by atomic mass is 9.99. The molecule has 88 valence electrons. The quantitative estimate of drug-likeness (QED) is 0.821. The molecule has 3 nitrogen and oxygen atoms in total. The first kappa shape index (κ1) is 12.7. The molecule has 0 bridgehead atoms. The largest absolute Gasteiger partial charge is 0.480 e. The minimum Gasteiger partial charge on any atom is -0.480 e. The second-order valence-corrected chi connectivity index (χ2v) is 4.45. The predicted octanol–water partition coefficient (Wildman–Crippen LogP) is 2.43. The number of rotatable bonds is 4. The topological polar surface area (TPSA) is 49.3 Å². The number of nitrogens with one attached hydrogen (secondary N) is 1.